The third-order valence-corrected chi connectivity index (χ3v) is 4.69. The molecule has 1 aliphatic heterocycles. The molecule has 3 amide bonds. The van der Waals surface area contributed by atoms with Crippen LogP contribution in [0.5, 0.6) is 0 Å². The van der Waals surface area contributed by atoms with Crippen molar-refractivity contribution in [1.29, 1.82) is 0 Å². The summed E-state index contributed by atoms with van der Waals surface area (Å²) in [5.74, 6) is 0.166. The van der Waals surface area contributed by atoms with E-state index < -0.39 is 0 Å². The van der Waals surface area contributed by atoms with Gasteiger partial charge in [0.25, 0.3) is 0 Å². The number of hydrogen-bond acceptors (Lipinski definition) is 3. The Morgan fingerprint density at radius 1 is 1.08 bits per heavy atom. The van der Waals surface area contributed by atoms with Gasteiger partial charge in [-0.25, -0.2) is 4.79 Å². The zero-order valence-corrected chi connectivity index (χ0v) is 16.3. The van der Waals surface area contributed by atoms with Crippen LogP contribution in [-0.4, -0.2) is 72.5 Å². The second-order valence-corrected chi connectivity index (χ2v) is 6.90. The molecule has 144 valence electrons. The van der Waals surface area contributed by atoms with E-state index in [0.717, 1.165) is 26.1 Å². The Morgan fingerprint density at radius 2 is 1.73 bits per heavy atom. The summed E-state index contributed by atoms with van der Waals surface area (Å²) < 4.78 is 0. The van der Waals surface area contributed by atoms with Crippen LogP contribution in [0.25, 0.3) is 0 Å². The number of piperazine rings is 1. The molecule has 1 N–H and O–H groups in total. The third-order valence-electron chi connectivity index (χ3n) is 4.69. The summed E-state index contributed by atoms with van der Waals surface area (Å²) in [5.41, 5.74) is 2.39. The monoisotopic (exact) mass is 360 g/mol. The molecule has 0 bridgehead atoms. The van der Waals surface area contributed by atoms with Gasteiger partial charge in [0.2, 0.25) is 5.91 Å². The highest BCUT2D eigenvalue weighted by molar-refractivity contribution is 5.78. The van der Waals surface area contributed by atoms with Gasteiger partial charge < -0.3 is 15.1 Å². The smallest absolute Gasteiger partial charge is 0.317 e. The number of rotatable bonds is 7. The molecule has 0 atom stereocenters. The standard InChI is InChI=1S/C20H32N4O2/c1-4-10-24(15-18-8-6-17(3)7-9-18)19(25)16-22-11-13-23(14-12-22)20(26)21-5-2/h6-9H,4-5,10-16H2,1-3H3,(H,21,26). The number of amides is 3. The molecule has 1 aromatic rings. The molecule has 1 aliphatic rings. The molecule has 6 heteroatoms. The van der Waals surface area contributed by atoms with Crippen LogP contribution >= 0.6 is 0 Å². The van der Waals surface area contributed by atoms with Gasteiger partial charge in [0.1, 0.15) is 0 Å². The lowest BCUT2D eigenvalue weighted by atomic mass is 10.1. The Bertz CT molecular complexity index is 580. The Balaban J connectivity index is 1.85. The average molecular weight is 361 g/mol. The molecular weight excluding hydrogens is 328 g/mol. The normalized spacial score (nSPS) is 15.0. The van der Waals surface area contributed by atoms with Gasteiger partial charge in [-0.2, -0.15) is 0 Å². The first-order valence-corrected chi connectivity index (χ1v) is 9.62. The Morgan fingerprint density at radius 3 is 2.31 bits per heavy atom. The van der Waals surface area contributed by atoms with E-state index in [9.17, 15) is 9.59 Å². The summed E-state index contributed by atoms with van der Waals surface area (Å²) in [6.07, 6.45) is 0.947. The SMILES string of the molecule is CCCN(Cc1ccc(C)cc1)C(=O)CN1CCN(C(=O)NCC)CC1. The molecule has 2 rings (SSSR count). The molecule has 26 heavy (non-hydrogen) atoms. The van der Waals surface area contributed by atoms with Gasteiger partial charge in [-0.15, -0.1) is 0 Å². The summed E-state index contributed by atoms with van der Waals surface area (Å²) in [5, 5.41) is 2.83. The van der Waals surface area contributed by atoms with Crippen molar-refractivity contribution in [2.45, 2.75) is 33.7 Å². The summed E-state index contributed by atoms with van der Waals surface area (Å²) in [4.78, 5) is 30.6. The predicted octanol–water partition coefficient (Wildman–Crippen LogP) is 2.08. The van der Waals surface area contributed by atoms with E-state index >= 15 is 0 Å². The second-order valence-electron chi connectivity index (χ2n) is 6.90. The first-order chi connectivity index (χ1) is 12.5. The van der Waals surface area contributed by atoms with Crippen LogP contribution in [0, 0.1) is 6.92 Å². The van der Waals surface area contributed by atoms with Gasteiger partial charge >= 0.3 is 6.03 Å². The van der Waals surface area contributed by atoms with E-state index in [1.807, 2.05) is 16.7 Å². The number of benzene rings is 1. The zero-order chi connectivity index (χ0) is 18.9. The maximum atomic E-state index is 12.8. The van der Waals surface area contributed by atoms with Crippen molar-refractivity contribution in [3.8, 4) is 0 Å². The second kappa shape index (κ2) is 10.2. The van der Waals surface area contributed by atoms with Crippen LogP contribution in [-0.2, 0) is 11.3 Å². The fourth-order valence-electron chi connectivity index (χ4n) is 3.14. The van der Waals surface area contributed by atoms with Crippen molar-refractivity contribution in [1.82, 2.24) is 20.0 Å². The van der Waals surface area contributed by atoms with Crippen LogP contribution in [0.2, 0.25) is 0 Å². The summed E-state index contributed by atoms with van der Waals surface area (Å²) in [6, 6.07) is 8.35. The van der Waals surface area contributed by atoms with Crippen molar-refractivity contribution < 1.29 is 9.59 Å². The number of hydrogen-bond donors (Lipinski definition) is 1. The third kappa shape index (κ3) is 6.02. The maximum absolute atomic E-state index is 12.8. The molecule has 0 saturated carbocycles. The Labute approximate surface area is 157 Å². The molecular formula is C20H32N4O2. The number of nitrogens with zero attached hydrogens (tertiary/aromatic N) is 3. The maximum Gasteiger partial charge on any atom is 0.317 e. The number of aryl methyl sites for hydroxylation is 1. The van der Waals surface area contributed by atoms with Gasteiger partial charge in [-0.05, 0) is 25.8 Å². The van der Waals surface area contributed by atoms with Gasteiger partial charge in [0.15, 0.2) is 0 Å². The average Bonchev–Trinajstić information content (AvgIpc) is 2.64. The molecule has 1 fully saturated rings. The number of nitrogens with one attached hydrogen (secondary N) is 1. The summed E-state index contributed by atoms with van der Waals surface area (Å²) >= 11 is 0. The Hall–Kier alpha value is -2.08. The minimum Gasteiger partial charge on any atom is -0.338 e. The van der Waals surface area contributed by atoms with Crippen molar-refractivity contribution >= 4 is 11.9 Å². The first kappa shape index (κ1) is 20.2. The number of urea groups is 1. The van der Waals surface area contributed by atoms with Crippen LogP contribution in [0.3, 0.4) is 0 Å². The largest absolute Gasteiger partial charge is 0.338 e. The topological polar surface area (TPSA) is 55.9 Å². The van der Waals surface area contributed by atoms with E-state index in [2.05, 4.69) is 48.3 Å². The van der Waals surface area contributed by atoms with E-state index in [0.29, 0.717) is 32.7 Å². The van der Waals surface area contributed by atoms with Crippen molar-refractivity contribution in [3.05, 3.63) is 35.4 Å². The highest BCUT2D eigenvalue weighted by atomic mass is 16.2. The summed E-state index contributed by atoms with van der Waals surface area (Å²) in [6.45, 7) is 11.4. The van der Waals surface area contributed by atoms with E-state index in [4.69, 9.17) is 0 Å². The predicted molar refractivity (Wildman–Crippen MR) is 104 cm³/mol. The molecule has 6 nitrogen and oxygen atoms in total. The zero-order valence-electron chi connectivity index (χ0n) is 16.3. The lowest BCUT2D eigenvalue weighted by Gasteiger charge is -2.35. The van der Waals surface area contributed by atoms with E-state index in [1.165, 1.54) is 11.1 Å². The lowest BCUT2D eigenvalue weighted by Crippen LogP contribution is -2.53. The van der Waals surface area contributed by atoms with Gasteiger partial charge in [0.05, 0.1) is 6.54 Å². The highest BCUT2D eigenvalue weighted by Gasteiger charge is 2.23. The molecule has 1 heterocycles. The van der Waals surface area contributed by atoms with Gasteiger partial charge in [-0.3, -0.25) is 9.69 Å². The van der Waals surface area contributed by atoms with Crippen molar-refractivity contribution in [2.24, 2.45) is 0 Å². The number of carbonyl (C=O) groups is 2. The highest BCUT2D eigenvalue weighted by Crippen LogP contribution is 2.09. The molecule has 1 saturated heterocycles. The Kier molecular flexibility index (Phi) is 7.91. The molecule has 0 unspecified atom stereocenters. The van der Waals surface area contributed by atoms with Crippen LogP contribution in [0.4, 0.5) is 4.79 Å². The van der Waals surface area contributed by atoms with Gasteiger partial charge in [0, 0.05) is 45.8 Å². The van der Waals surface area contributed by atoms with Gasteiger partial charge in [-0.1, -0.05) is 36.8 Å². The lowest BCUT2D eigenvalue weighted by molar-refractivity contribution is -0.133. The fourth-order valence-corrected chi connectivity index (χ4v) is 3.14. The minimum absolute atomic E-state index is 0.00884. The van der Waals surface area contributed by atoms with Crippen molar-refractivity contribution in [2.75, 3.05) is 45.8 Å². The molecule has 0 aromatic heterocycles. The van der Waals surface area contributed by atoms with Crippen LogP contribution < -0.4 is 5.32 Å². The first-order valence-electron chi connectivity index (χ1n) is 9.62. The molecule has 0 aliphatic carbocycles. The summed E-state index contributed by atoms with van der Waals surface area (Å²) in [7, 11) is 0. The minimum atomic E-state index is -0.00884. The quantitative estimate of drug-likeness (QED) is 0.810. The van der Waals surface area contributed by atoms with Crippen LogP contribution in [0.1, 0.15) is 31.4 Å². The fraction of sp³-hybridized carbons (Fsp3) is 0.600. The van der Waals surface area contributed by atoms with E-state index in [-0.39, 0.29) is 11.9 Å². The number of carbonyl (C=O) groups excluding carboxylic acids is 2. The van der Waals surface area contributed by atoms with Crippen molar-refractivity contribution in [3.63, 3.8) is 0 Å². The van der Waals surface area contributed by atoms with Crippen LogP contribution in [0.15, 0.2) is 24.3 Å². The molecule has 1 aromatic carbocycles. The van der Waals surface area contributed by atoms with E-state index in [1.54, 1.807) is 0 Å². The molecule has 0 radical (unpaired) electrons. The molecule has 0 spiro atoms.